The molecule has 1 fully saturated rings. The van der Waals surface area contributed by atoms with Gasteiger partial charge in [0, 0.05) is 18.5 Å². The van der Waals surface area contributed by atoms with Gasteiger partial charge in [-0.2, -0.15) is 0 Å². The van der Waals surface area contributed by atoms with Crippen molar-refractivity contribution >= 4 is 5.97 Å². The molecule has 0 radical (unpaired) electrons. The zero-order valence-corrected chi connectivity index (χ0v) is 10.4. The Hall–Kier alpha value is -0.610. The van der Waals surface area contributed by atoms with Crippen molar-refractivity contribution in [3.63, 3.8) is 0 Å². The van der Waals surface area contributed by atoms with Gasteiger partial charge >= 0.3 is 5.97 Å². The monoisotopic (exact) mass is 228 g/mol. The topological polar surface area (TPSA) is 52.6 Å². The number of carboxylic acids is 1. The van der Waals surface area contributed by atoms with Crippen LogP contribution in [0.1, 0.15) is 39.5 Å². The summed E-state index contributed by atoms with van der Waals surface area (Å²) in [5, 5.41) is 12.1. The molecule has 1 rings (SSSR count). The van der Waals surface area contributed by atoms with Gasteiger partial charge < -0.3 is 10.4 Å². The first-order chi connectivity index (χ1) is 7.65. The molecule has 4 heteroatoms. The lowest BCUT2D eigenvalue weighted by Gasteiger charge is -2.38. The van der Waals surface area contributed by atoms with E-state index in [0.717, 1.165) is 26.1 Å². The number of carboxylic acid groups (broad SMARTS) is 1. The van der Waals surface area contributed by atoms with Crippen molar-refractivity contribution in [2.45, 2.75) is 51.6 Å². The van der Waals surface area contributed by atoms with Crippen molar-refractivity contribution in [1.29, 1.82) is 0 Å². The number of aliphatic carboxylic acids is 1. The molecule has 0 aromatic rings. The standard InChI is InChI=1S/C12H24N2O2/c1-3-14(10(2)4-5-12(15)16)11-6-8-13-9-7-11/h10-11,13H,3-9H2,1-2H3,(H,15,16). The van der Waals surface area contributed by atoms with Crippen molar-refractivity contribution in [2.24, 2.45) is 0 Å². The number of nitrogens with one attached hydrogen (secondary N) is 1. The third-order valence-electron chi connectivity index (χ3n) is 3.48. The molecule has 0 bridgehead atoms. The molecule has 16 heavy (non-hydrogen) atoms. The Bertz CT molecular complexity index is 215. The Kier molecular flexibility index (Phi) is 5.77. The average molecular weight is 228 g/mol. The normalized spacial score (nSPS) is 19.9. The molecule has 0 spiro atoms. The van der Waals surface area contributed by atoms with Gasteiger partial charge in [-0.1, -0.05) is 6.92 Å². The minimum atomic E-state index is -0.687. The minimum absolute atomic E-state index is 0.280. The molecule has 2 N–H and O–H groups in total. The van der Waals surface area contributed by atoms with Gasteiger partial charge in [0.05, 0.1) is 0 Å². The first kappa shape index (κ1) is 13.5. The maximum Gasteiger partial charge on any atom is 0.303 e. The van der Waals surface area contributed by atoms with Crippen LogP contribution in [0.2, 0.25) is 0 Å². The van der Waals surface area contributed by atoms with Gasteiger partial charge in [0.2, 0.25) is 0 Å². The Morgan fingerprint density at radius 3 is 2.62 bits per heavy atom. The maximum absolute atomic E-state index is 10.6. The van der Waals surface area contributed by atoms with Crippen molar-refractivity contribution in [3.8, 4) is 0 Å². The second-order valence-corrected chi connectivity index (χ2v) is 4.59. The van der Waals surface area contributed by atoms with E-state index in [-0.39, 0.29) is 6.42 Å². The number of hydrogen-bond donors (Lipinski definition) is 2. The lowest BCUT2D eigenvalue weighted by Crippen LogP contribution is -2.47. The van der Waals surface area contributed by atoms with E-state index in [2.05, 4.69) is 24.1 Å². The number of rotatable bonds is 6. The van der Waals surface area contributed by atoms with E-state index in [1.54, 1.807) is 0 Å². The number of nitrogens with zero attached hydrogens (tertiary/aromatic N) is 1. The van der Waals surface area contributed by atoms with E-state index in [1.807, 2.05) is 0 Å². The third kappa shape index (κ3) is 4.10. The molecular formula is C12H24N2O2. The van der Waals surface area contributed by atoms with Crippen LogP contribution in [0.4, 0.5) is 0 Å². The summed E-state index contributed by atoms with van der Waals surface area (Å²) in [4.78, 5) is 13.0. The summed E-state index contributed by atoms with van der Waals surface area (Å²) in [7, 11) is 0. The highest BCUT2D eigenvalue weighted by atomic mass is 16.4. The third-order valence-corrected chi connectivity index (χ3v) is 3.48. The number of carbonyl (C=O) groups is 1. The molecule has 4 nitrogen and oxygen atoms in total. The summed E-state index contributed by atoms with van der Waals surface area (Å²) in [6.45, 7) is 7.51. The van der Waals surface area contributed by atoms with Crippen LogP contribution < -0.4 is 5.32 Å². The summed E-state index contributed by atoms with van der Waals surface area (Å²) in [6, 6.07) is 1.01. The summed E-state index contributed by atoms with van der Waals surface area (Å²) in [5.41, 5.74) is 0. The fraction of sp³-hybridized carbons (Fsp3) is 0.917. The highest BCUT2D eigenvalue weighted by molar-refractivity contribution is 5.66. The first-order valence-electron chi connectivity index (χ1n) is 6.33. The van der Waals surface area contributed by atoms with Crippen LogP contribution in [-0.2, 0) is 4.79 Å². The van der Waals surface area contributed by atoms with Gasteiger partial charge in [0.25, 0.3) is 0 Å². The molecule has 1 saturated heterocycles. The Balaban J connectivity index is 2.41. The van der Waals surface area contributed by atoms with Crippen molar-refractivity contribution in [1.82, 2.24) is 10.2 Å². The van der Waals surface area contributed by atoms with Crippen LogP contribution in [0, 0.1) is 0 Å². The Labute approximate surface area is 98.0 Å². The van der Waals surface area contributed by atoms with Crippen molar-refractivity contribution in [3.05, 3.63) is 0 Å². The zero-order valence-electron chi connectivity index (χ0n) is 10.4. The largest absolute Gasteiger partial charge is 0.481 e. The molecule has 1 aliphatic rings. The molecule has 0 aromatic carbocycles. The van der Waals surface area contributed by atoms with Gasteiger partial charge in [0.1, 0.15) is 0 Å². The molecule has 0 aliphatic carbocycles. The van der Waals surface area contributed by atoms with E-state index in [9.17, 15) is 4.79 Å². The quantitative estimate of drug-likeness (QED) is 0.720. The first-order valence-corrected chi connectivity index (χ1v) is 6.33. The van der Waals surface area contributed by atoms with E-state index in [1.165, 1.54) is 12.8 Å². The summed E-state index contributed by atoms with van der Waals surface area (Å²) < 4.78 is 0. The summed E-state index contributed by atoms with van der Waals surface area (Å²) in [5.74, 6) is -0.687. The summed E-state index contributed by atoms with van der Waals surface area (Å²) >= 11 is 0. The molecule has 94 valence electrons. The Morgan fingerprint density at radius 1 is 1.50 bits per heavy atom. The van der Waals surface area contributed by atoms with E-state index in [0.29, 0.717) is 12.1 Å². The predicted molar refractivity (Wildman–Crippen MR) is 64.6 cm³/mol. The predicted octanol–water partition coefficient (Wildman–Crippen LogP) is 1.31. The highest BCUT2D eigenvalue weighted by Crippen LogP contribution is 2.17. The van der Waals surface area contributed by atoms with Gasteiger partial charge in [0.15, 0.2) is 0 Å². The van der Waals surface area contributed by atoms with Crippen LogP contribution >= 0.6 is 0 Å². The number of piperidine rings is 1. The zero-order chi connectivity index (χ0) is 12.0. The highest BCUT2D eigenvalue weighted by Gasteiger charge is 2.23. The SMILES string of the molecule is CCN(C(C)CCC(=O)O)C1CCNCC1. The van der Waals surface area contributed by atoms with Crippen LogP contribution in [0.3, 0.4) is 0 Å². The van der Waals surface area contributed by atoms with Gasteiger partial charge in [-0.15, -0.1) is 0 Å². The van der Waals surface area contributed by atoms with Crippen LogP contribution in [0.15, 0.2) is 0 Å². The van der Waals surface area contributed by atoms with E-state index in [4.69, 9.17) is 5.11 Å². The molecule has 1 aliphatic heterocycles. The molecule has 1 unspecified atom stereocenters. The van der Waals surface area contributed by atoms with Crippen molar-refractivity contribution in [2.75, 3.05) is 19.6 Å². The van der Waals surface area contributed by atoms with Gasteiger partial charge in [-0.05, 0) is 45.8 Å². The smallest absolute Gasteiger partial charge is 0.303 e. The molecule has 0 saturated carbocycles. The van der Waals surface area contributed by atoms with Gasteiger partial charge in [-0.3, -0.25) is 9.69 Å². The molecule has 1 atom stereocenters. The van der Waals surface area contributed by atoms with Crippen molar-refractivity contribution < 1.29 is 9.90 Å². The van der Waals surface area contributed by atoms with Crippen LogP contribution in [0.25, 0.3) is 0 Å². The van der Waals surface area contributed by atoms with E-state index < -0.39 is 5.97 Å². The summed E-state index contributed by atoms with van der Waals surface area (Å²) in [6.07, 6.45) is 3.41. The average Bonchev–Trinajstić information content (AvgIpc) is 2.29. The number of hydrogen-bond acceptors (Lipinski definition) is 3. The lowest BCUT2D eigenvalue weighted by atomic mass is 10.0. The molecule has 1 heterocycles. The maximum atomic E-state index is 10.6. The second kappa shape index (κ2) is 6.86. The van der Waals surface area contributed by atoms with Crippen LogP contribution in [-0.4, -0.2) is 47.7 Å². The van der Waals surface area contributed by atoms with E-state index >= 15 is 0 Å². The Morgan fingerprint density at radius 2 is 2.12 bits per heavy atom. The molecule has 0 aromatic heterocycles. The minimum Gasteiger partial charge on any atom is -0.481 e. The van der Waals surface area contributed by atoms with Crippen LogP contribution in [0.5, 0.6) is 0 Å². The lowest BCUT2D eigenvalue weighted by molar-refractivity contribution is -0.137. The fourth-order valence-electron chi connectivity index (χ4n) is 2.57. The second-order valence-electron chi connectivity index (χ2n) is 4.59. The fourth-order valence-corrected chi connectivity index (χ4v) is 2.57. The van der Waals surface area contributed by atoms with Gasteiger partial charge in [-0.25, -0.2) is 0 Å². The molecular weight excluding hydrogens is 204 g/mol. The molecule has 0 amide bonds.